The number of anilines is 1. The van der Waals surface area contributed by atoms with E-state index in [1.54, 1.807) is 25.1 Å². The van der Waals surface area contributed by atoms with E-state index in [0.717, 1.165) is 0 Å². The zero-order chi connectivity index (χ0) is 13.8. The van der Waals surface area contributed by atoms with Gasteiger partial charge >= 0.3 is 0 Å². The van der Waals surface area contributed by atoms with Gasteiger partial charge in [0.2, 0.25) is 5.91 Å². The highest BCUT2D eigenvalue weighted by molar-refractivity contribution is 6.33. The lowest BCUT2D eigenvalue weighted by atomic mass is 10.2. The second-order valence-corrected chi connectivity index (χ2v) is 4.61. The predicted molar refractivity (Wildman–Crippen MR) is 73.3 cm³/mol. The van der Waals surface area contributed by atoms with Crippen molar-refractivity contribution < 1.29 is 4.79 Å². The van der Waals surface area contributed by atoms with Gasteiger partial charge < -0.3 is 11.1 Å². The lowest BCUT2D eigenvalue weighted by molar-refractivity contribution is -0.116. The molecule has 19 heavy (non-hydrogen) atoms. The molecule has 2 aromatic rings. The third kappa shape index (κ3) is 3.30. The predicted octanol–water partition coefficient (Wildman–Crippen LogP) is 1.60. The van der Waals surface area contributed by atoms with E-state index in [1.165, 1.54) is 17.3 Å². The lowest BCUT2D eigenvalue weighted by Crippen LogP contribution is -2.24. The molecule has 0 spiro atoms. The fraction of sp³-hybridized carbons (Fsp3) is 0.250. The number of nitrogens with zero attached hydrogens (tertiary/aromatic N) is 3. The minimum Gasteiger partial charge on any atom is -0.327 e. The third-order valence-corrected chi connectivity index (χ3v) is 2.72. The number of rotatable bonds is 4. The molecule has 1 amide bonds. The number of amides is 1. The quantitative estimate of drug-likeness (QED) is 0.890. The number of nitrogens with one attached hydrogen (secondary N) is 1. The summed E-state index contributed by atoms with van der Waals surface area (Å²) >= 11 is 6.15. The molecule has 1 aromatic carbocycles. The summed E-state index contributed by atoms with van der Waals surface area (Å²) in [7, 11) is 0. The molecular formula is C12H14ClN5O. The Morgan fingerprint density at radius 2 is 2.37 bits per heavy atom. The van der Waals surface area contributed by atoms with Crippen LogP contribution in [0.2, 0.25) is 5.02 Å². The van der Waals surface area contributed by atoms with Crippen LogP contribution in [0.1, 0.15) is 13.3 Å². The van der Waals surface area contributed by atoms with Crippen LogP contribution in [0.3, 0.4) is 0 Å². The number of halogens is 1. The fourth-order valence-corrected chi connectivity index (χ4v) is 1.93. The van der Waals surface area contributed by atoms with Gasteiger partial charge in [-0.25, -0.2) is 9.67 Å². The van der Waals surface area contributed by atoms with Crippen LogP contribution < -0.4 is 11.1 Å². The van der Waals surface area contributed by atoms with Crippen molar-refractivity contribution in [2.45, 2.75) is 19.4 Å². The van der Waals surface area contributed by atoms with E-state index in [1.807, 2.05) is 0 Å². The summed E-state index contributed by atoms with van der Waals surface area (Å²) in [6.45, 7) is 1.77. The summed E-state index contributed by atoms with van der Waals surface area (Å²) in [4.78, 5) is 15.6. The van der Waals surface area contributed by atoms with E-state index in [-0.39, 0.29) is 18.4 Å². The maximum absolute atomic E-state index is 11.8. The molecule has 7 heteroatoms. The van der Waals surface area contributed by atoms with E-state index in [0.29, 0.717) is 16.4 Å². The van der Waals surface area contributed by atoms with Gasteiger partial charge in [-0.1, -0.05) is 17.7 Å². The van der Waals surface area contributed by atoms with Crippen molar-refractivity contribution >= 4 is 23.2 Å². The smallest absolute Gasteiger partial charge is 0.225 e. The summed E-state index contributed by atoms with van der Waals surface area (Å²) in [6, 6.07) is 5.03. The number of benzene rings is 1. The standard InChI is InChI=1S/C12H14ClN5O/c1-8(14)5-11(19)17-10-4-2-3-9(13)12(10)18-7-15-6-16-18/h2-4,6-8H,5,14H2,1H3,(H,17,19). The minimum atomic E-state index is -0.200. The van der Waals surface area contributed by atoms with E-state index in [9.17, 15) is 4.79 Å². The normalized spacial score (nSPS) is 12.2. The summed E-state index contributed by atoms with van der Waals surface area (Å²) in [5, 5.41) is 7.28. The van der Waals surface area contributed by atoms with Crippen LogP contribution in [0.4, 0.5) is 5.69 Å². The van der Waals surface area contributed by atoms with Gasteiger partial charge in [0.1, 0.15) is 18.3 Å². The van der Waals surface area contributed by atoms with Gasteiger partial charge in [0.25, 0.3) is 0 Å². The van der Waals surface area contributed by atoms with E-state index in [4.69, 9.17) is 17.3 Å². The Kier molecular flexibility index (Phi) is 4.13. The summed E-state index contributed by atoms with van der Waals surface area (Å²) in [5.41, 5.74) is 6.75. The molecule has 0 fully saturated rings. The van der Waals surface area contributed by atoms with E-state index >= 15 is 0 Å². The van der Waals surface area contributed by atoms with Crippen LogP contribution in [-0.4, -0.2) is 26.7 Å². The maximum Gasteiger partial charge on any atom is 0.225 e. The van der Waals surface area contributed by atoms with Crippen LogP contribution in [0.25, 0.3) is 5.69 Å². The van der Waals surface area contributed by atoms with Crippen molar-refractivity contribution in [2.75, 3.05) is 5.32 Å². The number of para-hydroxylation sites is 1. The van der Waals surface area contributed by atoms with Gasteiger partial charge in [0, 0.05) is 12.5 Å². The summed E-state index contributed by atoms with van der Waals surface area (Å²) < 4.78 is 1.50. The molecule has 0 aliphatic carbocycles. The monoisotopic (exact) mass is 279 g/mol. The molecule has 0 saturated heterocycles. The zero-order valence-corrected chi connectivity index (χ0v) is 11.1. The number of carbonyl (C=O) groups is 1. The van der Waals surface area contributed by atoms with Crippen LogP contribution >= 0.6 is 11.6 Å². The van der Waals surface area contributed by atoms with Crippen molar-refractivity contribution in [3.05, 3.63) is 35.9 Å². The SMILES string of the molecule is CC(N)CC(=O)Nc1cccc(Cl)c1-n1cncn1. The van der Waals surface area contributed by atoms with Crippen molar-refractivity contribution in [3.8, 4) is 5.69 Å². The first kappa shape index (κ1) is 13.5. The maximum atomic E-state index is 11.8. The fourth-order valence-electron chi connectivity index (χ4n) is 1.67. The topological polar surface area (TPSA) is 85.8 Å². The van der Waals surface area contributed by atoms with E-state index in [2.05, 4.69) is 15.4 Å². The summed E-state index contributed by atoms with van der Waals surface area (Å²) in [6.07, 6.45) is 3.16. The number of hydrogen-bond donors (Lipinski definition) is 2. The van der Waals surface area contributed by atoms with Crippen molar-refractivity contribution in [2.24, 2.45) is 5.73 Å². The highest BCUT2D eigenvalue weighted by atomic mass is 35.5. The summed E-state index contributed by atoms with van der Waals surface area (Å²) in [5.74, 6) is -0.168. The number of carbonyl (C=O) groups excluding carboxylic acids is 1. The Labute approximate surface area is 115 Å². The second-order valence-electron chi connectivity index (χ2n) is 4.21. The highest BCUT2D eigenvalue weighted by Gasteiger charge is 2.13. The Morgan fingerprint density at radius 3 is 3.00 bits per heavy atom. The Balaban J connectivity index is 2.31. The molecule has 0 saturated carbocycles. The van der Waals surface area contributed by atoms with E-state index < -0.39 is 0 Å². The molecule has 2 rings (SSSR count). The number of hydrogen-bond acceptors (Lipinski definition) is 4. The molecule has 100 valence electrons. The molecule has 0 radical (unpaired) electrons. The molecule has 1 heterocycles. The van der Waals surface area contributed by atoms with Crippen LogP contribution in [0.5, 0.6) is 0 Å². The Hall–Kier alpha value is -1.92. The van der Waals surface area contributed by atoms with Crippen molar-refractivity contribution in [1.29, 1.82) is 0 Å². The van der Waals surface area contributed by atoms with Gasteiger partial charge in [-0.2, -0.15) is 5.10 Å². The average molecular weight is 280 g/mol. The van der Waals surface area contributed by atoms with Gasteiger partial charge in [-0.05, 0) is 19.1 Å². The Morgan fingerprint density at radius 1 is 1.58 bits per heavy atom. The molecule has 1 aromatic heterocycles. The van der Waals surface area contributed by atoms with Crippen molar-refractivity contribution in [1.82, 2.24) is 14.8 Å². The van der Waals surface area contributed by atoms with Gasteiger partial charge in [0.05, 0.1) is 10.7 Å². The molecule has 6 nitrogen and oxygen atoms in total. The molecule has 1 atom stereocenters. The molecule has 3 N–H and O–H groups in total. The first-order valence-corrected chi connectivity index (χ1v) is 6.14. The first-order chi connectivity index (χ1) is 9.08. The zero-order valence-electron chi connectivity index (χ0n) is 10.4. The first-order valence-electron chi connectivity index (χ1n) is 5.77. The largest absolute Gasteiger partial charge is 0.327 e. The molecule has 0 bridgehead atoms. The molecule has 0 aliphatic heterocycles. The van der Waals surface area contributed by atoms with Gasteiger partial charge in [-0.15, -0.1) is 0 Å². The number of nitrogens with two attached hydrogens (primary N) is 1. The number of aromatic nitrogens is 3. The van der Waals surface area contributed by atoms with Gasteiger partial charge in [0.15, 0.2) is 0 Å². The molecular weight excluding hydrogens is 266 g/mol. The Bertz CT molecular complexity index is 568. The highest BCUT2D eigenvalue weighted by Crippen LogP contribution is 2.27. The van der Waals surface area contributed by atoms with Crippen LogP contribution in [0.15, 0.2) is 30.9 Å². The van der Waals surface area contributed by atoms with Crippen molar-refractivity contribution in [3.63, 3.8) is 0 Å². The van der Waals surface area contributed by atoms with Crippen LogP contribution in [-0.2, 0) is 4.79 Å². The second kappa shape index (κ2) is 5.81. The third-order valence-electron chi connectivity index (χ3n) is 2.42. The van der Waals surface area contributed by atoms with Crippen LogP contribution in [0, 0.1) is 0 Å². The minimum absolute atomic E-state index is 0.168. The lowest BCUT2D eigenvalue weighted by Gasteiger charge is -2.13. The molecule has 1 unspecified atom stereocenters. The molecule has 0 aliphatic rings. The van der Waals surface area contributed by atoms with Gasteiger partial charge in [-0.3, -0.25) is 4.79 Å². The average Bonchev–Trinajstić information content (AvgIpc) is 2.81.